The third-order valence-electron chi connectivity index (χ3n) is 11.5. The number of nitrogens with zero attached hydrogens (tertiary/aromatic N) is 2. The molecule has 1 atom stereocenters. The smallest absolute Gasteiger partial charge is 0.0631 e. The Morgan fingerprint density at radius 3 is 1.70 bits per heavy atom. The molecule has 0 amide bonds. The van der Waals surface area contributed by atoms with Crippen molar-refractivity contribution >= 4 is 66.8 Å². The molecule has 0 spiro atoms. The molecule has 0 heterocycles. The van der Waals surface area contributed by atoms with E-state index in [0.717, 1.165) is 17.8 Å². The molecule has 9 rings (SSSR count). The fourth-order valence-electron chi connectivity index (χ4n) is 9.28. The Bertz CT molecular complexity index is 2740. The Morgan fingerprint density at radius 2 is 1.00 bits per heavy atom. The minimum Gasteiger partial charge on any atom is -0.334 e. The van der Waals surface area contributed by atoms with Crippen LogP contribution in [0.3, 0.4) is 0 Å². The lowest BCUT2D eigenvalue weighted by molar-refractivity contribution is 0.593. The zero-order valence-corrected chi connectivity index (χ0v) is 33.4. The molecule has 1 aliphatic rings. The maximum absolute atomic E-state index is 2.57. The summed E-state index contributed by atoms with van der Waals surface area (Å²) in [6.07, 6.45) is 5.56. The summed E-state index contributed by atoms with van der Waals surface area (Å²) < 4.78 is 0. The molecule has 0 N–H and O–H groups in total. The van der Waals surface area contributed by atoms with Crippen LogP contribution in [0.25, 0.3) is 38.4 Å². The Kier molecular flexibility index (Phi) is 8.81. The minimum atomic E-state index is -0.154. The van der Waals surface area contributed by atoms with Crippen LogP contribution in [0.1, 0.15) is 76.3 Å². The van der Waals surface area contributed by atoms with Gasteiger partial charge in [0.2, 0.25) is 0 Å². The van der Waals surface area contributed by atoms with E-state index in [9.17, 15) is 0 Å². The lowest BCUT2D eigenvalue weighted by atomic mass is 9.74. The number of benzene rings is 8. The van der Waals surface area contributed by atoms with Gasteiger partial charge in [-0.05, 0) is 121 Å². The minimum absolute atomic E-state index is 0.100. The van der Waals surface area contributed by atoms with E-state index in [1.807, 2.05) is 0 Å². The SMILES string of the molecule is CC(C)(C)c1c2ccc(N(c3ccccc3)c3cccc4ccccc34)cc2c(C(C)(C)C)c2cc(N(c3ccccc3)C3CC=Cc4ccccc43)ccc12. The molecule has 2 heteroatoms. The Labute approximate surface area is 332 Å². The summed E-state index contributed by atoms with van der Waals surface area (Å²) in [4.78, 5) is 5.01. The van der Waals surface area contributed by atoms with Crippen LogP contribution in [-0.4, -0.2) is 0 Å². The van der Waals surface area contributed by atoms with Crippen LogP contribution in [-0.2, 0) is 10.8 Å². The molecule has 56 heavy (non-hydrogen) atoms. The van der Waals surface area contributed by atoms with Gasteiger partial charge in [0.25, 0.3) is 0 Å². The number of para-hydroxylation sites is 2. The van der Waals surface area contributed by atoms with Crippen LogP contribution in [0.5, 0.6) is 0 Å². The van der Waals surface area contributed by atoms with Gasteiger partial charge in [-0.1, -0.05) is 163 Å². The highest BCUT2D eigenvalue weighted by atomic mass is 15.2. The summed E-state index contributed by atoms with van der Waals surface area (Å²) in [7, 11) is 0. The van der Waals surface area contributed by atoms with Crippen LogP contribution in [0.15, 0.2) is 170 Å². The molecule has 1 unspecified atom stereocenters. The zero-order chi connectivity index (χ0) is 38.6. The van der Waals surface area contributed by atoms with E-state index in [1.165, 1.54) is 71.6 Å². The molecule has 8 aromatic carbocycles. The van der Waals surface area contributed by atoms with Gasteiger partial charge in [-0.15, -0.1) is 0 Å². The van der Waals surface area contributed by atoms with Crippen molar-refractivity contribution in [2.75, 3.05) is 9.80 Å². The molecule has 0 aromatic heterocycles. The van der Waals surface area contributed by atoms with E-state index in [0.29, 0.717) is 0 Å². The maximum atomic E-state index is 2.57. The molecular weight excluding hydrogens is 677 g/mol. The molecule has 0 radical (unpaired) electrons. The first-order valence-electron chi connectivity index (χ1n) is 20.0. The van der Waals surface area contributed by atoms with Crippen molar-refractivity contribution in [2.45, 2.75) is 64.8 Å². The van der Waals surface area contributed by atoms with Gasteiger partial charge in [-0.25, -0.2) is 0 Å². The van der Waals surface area contributed by atoms with Gasteiger partial charge in [0, 0.05) is 28.1 Å². The summed E-state index contributed by atoms with van der Waals surface area (Å²) in [5.74, 6) is 0. The van der Waals surface area contributed by atoms with Gasteiger partial charge >= 0.3 is 0 Å². The van der Waals surface area contributed by atoms with Crippen LogP contribution in [0.4, 0.5) is 28.4 Å². The second-order valence-corrected chi connectivity index (χ2v) is 17.4. The predicted molar refractivity (Wildman–Crippen MR) is 242 cm³/mol. The van der Waals surface area contributed by atoms with Crippen molar-refractivity contribution in [3.05, 3.63) is 192 Å². The number of anilines is 5. The lowest BCUT2D eigenvalue weighted by Crippen LogP contribution is -2.25. The molecule has 0 aliphatic heterocycles. The molecule has 0 bridgehead atoms. The number of fused-ring (bicyclic) bond motifs is 4. The van der Waals surface area contributed by atoms with Crippen molar-refractivity contribution < 1.29 is 0 Å². The van der Waals surface area contributed by atoms with Gasteiger partial charge < -0.3 is 9.80 Å². The first-order chi connectivity index (χ1) is 27.1. The summed E-state index contributed by atoms with van der Waals surface area (Å²) in [5.41, 5.74) is 11.0. The summed E-state index contributed by atoms with van der Waals surface area (Å²) in [5, 5.41) is 7.74. The standard InChI is InChI=1S/C54H50N2/c1-53(2,3)51-45-33-31-41(55(39-23-9-7-10-24-39)49-29-17-21-37-19-13-15-27-43(37)49)35-47(45)52(54(4,5)6)48-36-42(32-34-46(48)51)56(40-25-11-8-12-26-40)50-30-18-22-38-20-14-16-28-44(38)50/h7-29,31-36,50H,30H2,1-6H3. The van der Waals surface area contributed by atoms with Gasteiger partial charge in [-0.2, -0.15) is 0 Å². The molecule has 1 aliphatic carbocycles. The molecule has 0 saturated carbocycles. The predicted octanol–water partition coefficient (Wildman–Crippen LogP) is 15.5. The number of hydrogen-bond donors (Lipinski definition) is 0. The second kappa shape index (κ2) is 13.9. The molecule has 276 valence electrons. The molecular formula is C54H50N2. The quantitative estimate of drug-likeness (QED) is 0.157. The van der Waals surface area contributed by atoms with Crippen molar-refractivity contribution in [2.24, 2.45) is 0 Å². The van der Waals surface area contributed by atoms with E-state index >= 15 is 0 Å². The van der Waals surface area contributed by atoms with Gasteiger partial charge in [-0.3, -0.25) is 0 Å². The van der Waals surface area contributed by atoms with E-state index < -0.39 is 0 Å². The average Bonchev–Trinajstić information content (AvgIpc) is 3.20. The maximum Gasteiger partial charge on any atom is 0.0631 e. The fraction of sp³-hybridized carbons (Fsp3) is 0.185. The second-order valence-electron chi connectivity index (χ2n) is 17.4. The Balaban J connectivity index is 1.34. The van der Waals surface area contributed by atoms with Crippen molar-refractivity contribution in [1.29, 1.82) is 0 Å². The molecule has 0 saturated heterocycles. The van der Waals surface area contributed by atoms with Gasteiger partial charge in [0.1, 0.15) is 0 Å². The topological polar surface area (TPSA) is 6.48 Å². The highest BCUT2D eigenvalue weighted by Gasteiger charge is 2.31. The highest BCUT2D eigenvalue weighted by Crippen LogP contribution is 2.49. The van der Waals surface area contributed by atoms with E-state index in [1.54, 1.807) is 0 Å². The van der Waals surface area contributed by atoms with Crippen molar-refractivity contribution in [3.8, 4) is 0 Å². The monoisotopic (exact) mass is 726 g/mol. The van der Waals surface area contributed by atoms with Crippen LogP contribution in [0, 0.1) is 0 Å². The van der Waals surface area contributed by atoms with E-state index in [2.05, 4.69) is 227 Å². The zero-order valence-electron chi connectivity index (χ0n) is 33.4. The summed E-state index contributed by atoms with van der Waals surface area (Å²) in [6, 6.07) is 60.7. The normalized spacial score (nSPS) is 14.3. The number of hydrogen-bond acceptors (Lipinski definition) is 2. The first-order valence-corrected chi connectivity index (χ1v) is 20.0. The van der Waals surface area contributed by atoms with Gasteiger partial charge in [0.05, 0.1) is 11.7 Å². The Morgan fingerprint density at radius 1 is 0.446 bits per heavy atom. The van der Waals surface area contributed by atoms with Crippen LogP contribution < -0.4 is 9.80 Å². The largest absolute Gasteiger partial charge is 0.334 e. The fourth-order valence-corrected chi connectivity index (χ4v) is 9.28. The van der Waals surface area contributed by atoms with Crippen molar-refractivity contribution in [3.63, 3.8) is 0 Å². The average molecular weight is 727 g/mol. The third kappa shape index (κ3) is 6.24. The van der Waals surface area contributed by atoms with Crippen LogP contribution >= 0.6 is 0 Å². The molecule has 8 aromatic rings. The van der Waals surface area contributed by atoms with E-state index in [-0.39, 0.29) is 16.9 Å². The van der Waals surface area contributed by atoms with Gasteiger partial charge in [0.15, 0.2) is 0 Å². The highest BCUT2D eigenvalue weighted by molar-refractivity contribution is 6.10. The summed E-state index contributed by atoms with van der Waals surface area (Å²) in [6.45, 7) is 14.3. The molecule has 2 nitrogen and oxygen atoms in total. The first kappa shape index (κ1) is 35.6. The lowest BCUT2D eigenvalue weighted by Gasteiger charge is -2.37. The number of rotatable bonds is 6. The Hall–Kier alpha value is -6.12. The summed E-state index contributed by atoms with van der Waals surface area (Å²) >= 11 is 0. The molecule has 0 fully saturated rings. The third-order valence-corrected chi connectivity index (χ3v) is 11.5. The van der Waals surface area contributed by atoms with E-state index in [4.69, 9.17) is 0 Å². The van der Waals surface area contributed by atoms with Crippen LogP contribution in [0.2, 0.25) is 0 Å². The van der Waals surface area contributed by atoms with Crippen molar-refractivity contribution in [1.82, 2.24) is 0 Å².